The average molecular weight is 277 g/mol. The normalized spacial score (nSPS) is 23.6. The Labute approximate surface area is 121 Å². The van der Waals surface area contributed by atoms with Crippen molar-refractivity contribution in [1.29, 1.82) is 0 Å². The average Bonchev–Trinajstić information content (AvgIpc) is 2.85. The number of aromatic amines is 1. The molecule has 0 saturated heterocycles. The maximum absolute atomic E-state index is 12.2. The van der Waals surface area contributed by atoms with Crippen molar-refractivity contribution in [2.24, 2.45) is 11.3 Å². The lowest BCUT2D eigenvalue weighted by atomic mass is 9.69. The molecule has 1 aromatic rings. The second kappa shape index (κ2) is 5.98. The number of hydrogen-bond acceptors (Lipinski definition) is 2. The quantitative estimate of drug-likeness (QED) is 0.885. The Bertz CT molecular complexity index is 456. The lowest BCUT2D eigenvalue weighted by molar-refractivity contribution is 0.0893. The summed E-state index contributed by atoms with van der Waals surface area (Å²) < 4.78 is 0. The second-order valence-electron chi connectivity index (χ2n) is 6.77. The monoisotopic (exact) mass is 277 g/mol. The van der Waals surface area contributed by atoms with Crippen LogP contribution < -0.4 is 5.32 Å². The number of nitrogens with one attached hydrogen (secondary N) is 2. The van der Waals surface area contributed by atoms with Gasteiger partial charge in [0.05, 0.1) is 11.8 Å². The highest BCUT2D eigenvalue weighted by atomic mass is 16.1. The van der Waals surface area contributed by atoms with E-state index in [9.17, 15) is 4.79 Å². The van der Waals surface area contributed by atoms with Gasteiger partial charge >= 0.3 is 0 Å². The maximum atomic E-state index is 12.2. The van der Waals surface area contributed by atoms with Crippen LogP contribution in [0.3, 0.4) is 0 Å². The lowest BCUT2D eigenvalue weighted by Gasteiger charge is -2.39. The first-order chi connectivity index (χ1) is 9.44. The minimum Gasteiger partial charge on any atom is -0.349 e. The number of nitrogens with zero attached hydrogens (tertiary/aromatic N) is 1. The summed E-state index contributed by atoms with van der Waals surface area (Å²) in [6, 6.07) is 0.320. The molecule has 0 aliphatic heterocycles. The Hall–Kier alpha value is -1.32. The van der Waals surface area contributed by atoms with Crippen molar-refractivity contribution >= 4 is 5.91 Å². The van der Waals surface area contributed by atoms with E-state index in [1.807, 2.05) is 6.92 Å². The van der Waals surface area contributed by atoms with Crippen molar-refractivity contribution in [3.8, 4) is 0 Å². The molecule has 2 rings (SSSR count). The molecule has 1 aliphatic rings. The van der Waals surface area contributed by atoms with Crippen LogP contribution in [-0.4, -0.2) is 22.1 Å². The third kappa shape index (κ3) is 3.22. The zero-order chi connectivity index (χ0) is 14.8. The first-order valence-electron chi connectivity index (χ1n) is 7.75. The molecule has 112 valence electrons. The van der Waals surface area contributed by atoms with Crippen molar-refractivity contribution in [3.05, 3.63) is 17.5 Å². The van der Waals surface area contributed by atoms with Gasteiger partial charge in [-0.2, -0.15) is 5.10 Å². The highest BCUT2D eigenvalue weighted by Crippen LogP contribution is 2.40. The predicted octanol–water partition coefficient (Wildman–Crippen LogP) is 3.44. The van der Waals surface area contributed by atoms with Gasteiger partial charge in [-0.05, 0) is 43.9 Å². The molecule has 1 saturated carbocycles. The molecular formula is C16H27N3O. The summed E-state index contributed by atoms with van der Waals surface area (Å²) >= 11 is 0. The minimum atomic E-state index is 0.00875. The van der Waals surface area contributed by atoms with E-state index in [1.54, 1.807) is 6.20 Å². The van der Waals surface area contributed by atoms with E-state index in [0.29, 0.717) is 17.0 Å². The Kier molecular flexibility index (Phi) is 4.51. The van der Waals surface area contributed by atoms with Gasteiger partial charge in [-0.1, -0.05) is 27.2 Å². The van der Waals surface area contributed by atoms with Crippen molar-refractivity contribution in [1.82, 2.24) is 15.5 Å². The van der Waals surface area contributed by atoms with Crippen LogP contribution in [0, 0.1) is 18.3 Å². The van der Waals surface area contributed by atoms with Crippen molar-refractivity contribution < 1.29 is 4.79 Å². The van der Waals surface area contributed by atoms with E-state index in [1.165, 1.54) is 19.3 Å². The maximum Gasteiger partial charge on any atom is 0.254 e. The number of H-pyrrole nitrogens is 1. The summed E-state index contributed by atoms with van der Waals surface area (Å²) in [7, 11) is 0. The molecule has 0 bridgehead atoms. The number of carbonyl (C=O) groups is 1. The zero-order valence-corrected chi connectivity index (χ0v) is 13.1. The Balaban J connectivity index is 1.86. The van der Waals surface area contributed by atoms with Gasteiger partial charge in [-0.15, -0.1) is 0 Å². The van der Waals surface area contributed by atoms with Crippen LogP contribution >= 0.6 is 0 Å². The summed E-state index contributed by atoms with van der Waals surface area (Å²) in [6.07, 6.45) is 7.46. The molecule has 0 atom stereocenters. The molecule has 1 fully saturated rings. The number of rotatable bonds is 4. The van der Waals surface area contributed by atoms with Crippen molar-refractivity contribution in [2.45, 2.75) is 65.8 Å². The molecule has 4 nitrogen and oxygen atoms in total. The minimum absolute atomic E-state index is 0.00875. The standard InChI is InChI=1S/C16H27N3O/c1-5-16(3,4)12-6-8-13(9-7-12)18-15(20)14-10-17-19-11(14)2/h10,12-13H,5-9H2,1-4H3,(H,17,19)(H,18,20). The molecule has 1 aliphatic carbocycles. The fraction of sp³-hybridized carbons (Fsp3) is 0.750. The number of hydrogen-bond donors (Lipinski definition) is 2. The predicted molar refractivity (Wildman–Crippen MR) is 80.6 cm³/mol. The molecule has 1 aromatic heterocycles. The van der Waals surface area contributed by atoms with E-state index >= 15 is 0 Å². The number of carbonyl (C=O) groups excluding carboxylic acids is 1. The van der Waals surface area contributed by atoms with E-state index in [0.717, 1.165) is 24.5 Å². The van der Waals surface area contributed by atoms with Gasteiger partial charge in [0.1, 0.15) is 0 Å². The van der Waals surface area contributed by atoms with Gasteiger partial charge in [0, 0.05) is 11.7 Å². The third-order valence-corrected chi connectivity index (χ3v) is 5.15. The molecule has 1 heterocycles. The Morgan fingerprint density at radius 2 is 2.05 bits per heavy atom. The van der Waals surface area contributed by atoms with Gasteiger partial charge < -0.3 is 5.32 Å². The summed E-state index contributed by atoms with van der Waals surface area (Å²) in [4.78, 5) is 12.2. The highest BCUT2D eigenvalue weighted by Gasteiger charge is 2.32. The van der Waals surface area contributed by atoms with E-state index in [-0.39, 0.29) is 5.91 Å². The van der Waals surface area contributed by atoms with Crippen LogP contribution in [0.1, 0.15) is 68.9 Å². The molecule has 0 aromatic carbocycles. The van der Waals surface area contributed by atoms with Gasteiger partial charge in [0.2, 0.25) is 0 Å². The Morgan fingerprint density at radius 3 is 2.55 bits per heavy atom. The van der Waals surface area contributed by atoms with E-state index < -0.39 is 0 Å². The van der Waals surface area contributed by atoms with Crippen LogP contribution in [-0.2, 0) is 0 Å². The number of aryl methyl sites for hydroxylation is 1. The van der Waals surface area contributed by atoms with E-state index in [2.05, 4.69) is 36.3 Å². The summed E-state index contributed by atoms with van der Waals surface area (Å²) in [6.45, 7) is 8.88. The molecule has 1 amide bonds. The van der Waals surface area contributed by atoms with Crippen molar-refractivity contribution in [2.75, 3.05) is 0 Å². The third-order valence-electron chi connectivity index (χ3n) is 5.15. The molecule has 0 radical (unpaired) electrons. The van der Waals surface area contributed by atoms with Crippen LogP contribution in [0.4, 0.5) is 0 Å². The lowest BCUT2D eigenvalue weighted by Crippen LogP contribution is -2.40. The zero-order valence-electron chi connectivity index (χ0n) is 13.1. The van der Waals surface area contributed by atoms with E-state index in [4.69, 9.17) is 0 Å². The fourth-order valence-corrected chi connectivity index (χ4v) is 3.15. The molecule has 20 heavy (non-hydrogen) atoms. The van der Waals surface area contributed by atoms with Crippen LogP contribution in [0.5, 0.6) is 0 Å². The fourth-order valence-electron chi connectivity index (χ4n) is 3.15. The molecule has 4 heteroatoms. The summed E-state index contributed by atoms with van der Waals surface area (Å²) in [5, 5.41) is 9.87. The van der Waals surface area contributed by atoms with Crippen LogP contribution in [0.2, 0.25) is 0 Å². The van der Waals surface area contributed by atoms with Crippen molar-refractivity contribution in [3.63, 3.8) is 0 Å². The molecule has 0 spiro atoms. The largest absolute Gasteiger partial charge is 0.349 e. The van der Waals surface area contributed by atoms with Gasteiger partial charge in [-0.25, -0.2) is 0 Å². The summed E-state index contributed by atoms with van der Waals surface area (Å²) in [5.74, 6) is 0.797. The first-order valence-corrected chi connectivity index (χ1v) is 7.75. The number of amides is 1. The highest BCUT2D eigenvalue weighted by molar-refractivity contribution is 5.95. The van der Waals surface area contributed by atoms with Crippen LogP contribution in [0.15, 0.2) is 6.20 Å². The van der Waals surface area contributed by atoms with Gasteiger partial charge in [0.15, 0.2) is 0 Å². The topological polar surface area (TPSA) is 57.8 Å². The molecule has 0 unspecified atom stereocenters. The molecule has 2 N–H and O–H groups in total. The first kappa shape index (κ1) is 15.1. The van der Waals surface area contributed by atoms with Gasteiger partial charge in [-0.3, -0.25) is 9.89 Å². The smallest absolute Gasteiger partial charge is 0.254 e. The SMILES string of the molecule is CCC(C)(C)C1CCC(NC(=O)c2cn[nH]c2C)CC1. The number of aromatic nitrogens is 2. The summed E-state index contributed by atoms with van der Waals surface area (Å²) in [5.41, 5.74) is 1.93. The van der Waals surface area contributed by atoms with Gasteiger partial charge in [0.25, 0.3) is 5.91 Å². The Morgan fingerprint density at radius 1 is 1.40 bits per heavy atom. The van der Waals surface area contributed by atoms with Crippen LogP contribution in [0.25, 0.3) is 0 Å². The molecular weight excluding hydrogens is 250 g/mol. The second-order valence-corrected chi connectivity index (χ2v) is 6.77.